The molecular formula is C19H22ClN3O4. The first kappa shape index (κ1) is 18.7. The van der Waals surface area contributed by atoms with E-state index < -0.39 is 30.6 Å². The van der Waals surface area contributed by atoms with Gasteiger partial charge in [0.05, 0.1) is 12.0 Å². The summed E-state index contributed by atoms with van der Waals surface area (Å²) < 4.78 is 7.35. The minimum absolute atomic E-state index is 0.310. The van der Waals surface area contributed by atoms with E-state index >= 15 is 0 Å². The van der Waals surface area contributed by atoms with E-state index in [1.807, 2.05) is 6.20 Å². The summed E-state index contributed by atoms with van der Waals surface area (Å²) >= 11 is 6.39. The number of aliphatic hydroxyl groups is 3. The fourth-order valence-electron chi connectivity index (χ4n) is 4.33. The second-order valence-electron chi connectivity index (χ2n) is 7.31. The third-order valence-corrected chi connectivity index (χ3v) is 6.07. The number of ether oxygens (including phenoxy) is 1. The van der Waals surface area contributed by atoms with Gasteiger partial charge in [-0.3, -0.25) is 0 Å². The molecule has 4 rings (SSSR count). The van der Waals surface area contributed by atoms with E-state index in [0.29, 0.717) is 16.7 Å². The van der Waals surface area contributed by atoms with E-state index in [0.717, 1.165) is 36.6 Å². The van der Waals surface area contributed by atoms with E-state index in [2.05, 4.69) is 15.9 Å². The van der Waals surface area contributed by atoms with Gasteiger partial charge in [-0.1, -0.05) is 36.8 Å². The van der Waals surface area contributed by atoms with Gasteiger partial charge in [0.2, 0.25) is 0 Å². The van der Waals surface area contributed by atoms with Crippen LogP contribution in [0, 0.1) is 12.3 Å². The van der Waals surface area contributed by atoms with Crippen molar-refractivity contribution < 1.29 is 20.1 Å². The highest BCUT2D eigenvalue weighted by Crippen LogP contribution is 2.44. The van der Waals surface area contributed by atoms with Gasteiger partial charge in [0.15, 0.2) is 11.8 Å². The van der Waals surface area contributed by atoms with Gasteiger partial charge < -0.3 is 24.6 Å². The summed E-state index contributed by atoms with van der Waals surface area (Å²) in [5.74, 6) is 2.55. The molecule has 2 aliphatic rings. The van der Waals surface area contributed by atoms with Crippen molar-refractivity contribution in [3.05, 3.63) is 23.2 Å². The minimum atomic E-state index is -2.00. The number of aliphatic hydroxyl groups excluding tert-OH is 2. The van der Waals surface area contributed by atoms with Crippen molar-refractivity contribution in [1.29, 1.82) is 0 Å². The van der Waals surface area contributed by atoms with Crippen molar-refractivity contribution in [2.75, 3.05) is 6.61 Å². The Morgan fingerprint density at radius 3 is 2.74 bits per heavy atom. The van der Waals surface area contributed by atoms with Gasteiger partial charge in [-0.05, 0) is 24.3 Å². The Balaban J connectivity index is 1.87. The highest BCUT2D eigenvalue weighted by molar-refractivity contribution is 6.34. The quantitative estimate of drug-likeness (QED) is 0.544. The number of terminal acetylenes is 1. The Bertz CT molecular complexity index is 889. The second-order valence-corrected chi connectivity index (χ2v) is 7.67. The summed E-state index contributed by atoms with van der Waals surface area (Å²) in [6.07, 6.45) is 10.8. The van der Waals surface area contributed by atoms with Gasteiger partial charge in [-0.25, -0.2) is 9.97 Å². The van der Waals surface area contributed by atoms with Crippen LogP contribution in [0.5, 0.6) is 0 Å². The molecule has 3 N–H and O–H groups in total. The molecule has 1 aliphatic heterocycles. The first-order chi connectivity index (χ1) is 13.0. The zero-order valence-corrected chi connectivity index (χ0v) is 15.5. The van der Waals surface area contributed by atoms with Gasteiger partial charge in [-0.2, -0.15) is 0 Å². The summed E-state index contributed by atoms with van der Waals surface area (Å²) in [6, 6.07) is 0. The number of rotatable bonds is 3. The monoisotopic (exact) mass is 391 g/mol. The smallest absolute Gasteiger partial charge is 0.199 e. The number of halogens is 1. The molecular weight excluding hydrogens is 370 g/mol. The molecule has 0 bridgehead atoms. The van der Waals surface area contributed by atoms with Crippen LogP contribution in [0.2, 0.25) is 5.15 Å². The molecule has 0 unspecified atom stereocenters. The van der Waals surface area contributed by atoms with Crippen LogP contribution in [0.25, 0.3) is 11.0 Å². The predicted molar refractivity (Wildman–Crippen MR) is 99.1 cm³/mol. The number of hydrogen-bond donors (Lipinski definition) is 3. The fourth-order valence-corrected chi connectivity index (χ4v) is 4.56. The highest BCUT2D eigenvalue weighted by Gasteiger charge is 2.55. The van der Waals surface area contributed by atoms with E-state index in [4.69, 9.17) is 22.8 Å². The largest absolute Gasteiger partial charge is 0.394 e. The summed E-state index contributed by atoms with van der Waals surface area (Å²) in [4.78, 5) is 8.45. The van der Waals surface area contributed by atoms with Crippen LogP contribution < -0.4 is 0 Å². The summed E-state index contributed by atoms with van der Waals surface area (Å²) in [6.45, 7) is -0.466. The third-order valence-electron chi connectivity index (χ3n) is 5.78. The van der Waals surface area contributed by atoms with Crippen LogP contribution in [-0.2, 0) is 4.74 Å². The zero-order valence-electron chi connectivity index (χ0n) is 14.8. The lowest BCUT2D eigenvalue weighted by atomic mass is 9.84. The van der Waals surface area contributed by atoms with Crippen molar-refractivity contribution in [3.63, 3.8) is 0 Å². The van der Waals surface area contributed by atoms with Crippen LogP contribution in [0.3, 0.4) is 0 Å². The topological polar surface area (TPSA) is 101 Å². The lowest BCUT2D eigenvalue weighted by Crippen LogP contribution is -2.45. The van der Waals surface area contributed by atoms with Crippen molar-refractivity contribution in [3.8, 4) is 12.3 Å². The molecule has 0 amide bonds. The zero-order chi connectivity index (χ0) is 19.2. The van der Waals surface area contributed by atoms with Gasteiger partial charge in [0.25, 0.3) is 0 Å². The molecule has 144 valence electrons. The second kappa shape index (κ2) is 7.04. The van der Waals surface area contributed by atoms with E-state index in [1.165, 1.54) is 12.7 Å². The average Bonchev–Trinajstić information content (AvgIpc) is 3.20. The van der Waals surface area contributed by atoms with Crippen molar-refractivity contribution in [2.45, 2.75) is 62.1 Å². The maximum absolute atomic E-state index is 10.9. The molecule has 0 spiro atoms. The van der Waals surface area contributed by atoms with Crippen molar-refractivity contribution >= 4 is 22.6 Å². The molecule has 0 aromatic carbocycles. The predicted octanol–water partition coefficient (Wildman–Crippen LogP) is 1.75. The van der Waals surface area contributed by atoms with E-state index in [-0.39, 0.29) is 0 Å². The molecule has 4 atom stereocenters. The molecule has 2 aromatic heterocycles. The van der Waals surface area contributed by atoms with Crippen LogP contribution in [-0.4, -0.2) is 54.3 Å². The van der Waals surface area contributed by atoms with Crippen LogP contribution in [0.15, 0.2) is 12.5 Å². The van der Waals surface area contributed by atoms with E-state index in [9.17, 15) is 15.3 Å². The molecule has 3 heterocycles. The van der Waals surface area contributed by atoms with Gasteiger partial charge in [0.1, 0.15) is 29.3 Å². The maximum atomic E-state index is 10.9. The Morgan fingerprint density at radius 1 is 1.33 bits per heavy atom. The van der Waals surface area contributed by atoms with Crippen molar-refractivity contribution in [1.82, 2.24) is 14.5 Å². The van der Waals surface area contributed by atoms with E-state index in [1.54, 1.807) is 4.57 Å². The first-order valence-electron chi connectivity index (χ1n) is 9.16. The number of nitrogens with zero attached hydrogens (tertiary/aromatic N) is 3. The number of aromatic nitrogens is 3. The molecule has 2 aromatic rings. The van der Waals surface area contributed by atoms with Crippen molar-refractivity contribution in [2.24, 2.45) is 0 Å². The average molecular weight is 392 g/mol. The number of hydrogen-bond acceptors (Lipinski definition) is 6. The van der Waals surface area contributed by atoms with Gasteiger partial charge in [-0.15, -0.1) is 6.42 Å². The molecule has 1 aliphatic carbocycles. The summed E-state index contributed by atoms with van der Waals surface area (Å²) in [7, 11) is 0. The Morgan fingerprint density at radius 2 is 2.07 bits per heavy atom. The molecule has 1 saturated carbocycles. The molecule has 2 fully saturated rings. The standard InChI is InChI=1S/C19H22ClN3O4/c1-2-19(26)15(25)13(9-24)27-18(19)23-8-12(11-6-4-3-5-7-11)14-16(20)21-10-22-17(14)23/h1,8,10-11,13,15,18,24-26H,3-7,9H2/t13-,15-,18-,19-/m1/s1. The first-order valence-corrected chi connectivity index (χ1v) is 9.54. The minimum Gasteiger partial charge on any atom is -0.394 e. The maximum Gasteiger partial charge on any atom is 0.199 e. The van der Waals surface area contributed by atoms with Crippen LogP contribution >= 0.6 is 11.6 Å². The lowest BCUT2D eigenvalue weighted by molar-refractivity contribution is -0.0719. The molecule has 1 saturated heterocycles. The Hall–Kier alpha value is -1.69. The Kier molecular flexibility index (Phi) is 4.87. The summed E-state index contributed by atoms with van der Waals surface area (Å²) in [5, 5.41) is 31.8. The molecule has 27 heavy (non-hydrogen) atoms. The molecule has 8 heteroatoms. The fraction of sp³-hybridized carbons (Fsp3) is 0.579. The highest BCUT2D eigenvalue weighted by atomic mass is 35.5. The summed E-state index contributed by atoms with van der Waals surface area (Å²) in [5.41, 5.74) is -0.513. The SMILES string of the molecule is C#C[C@@]1(O)[C@H](O)[C@@H](CO)O[C@H]1n1cc(C2CCCCC2)c2c(Cl)ncnc21. The Labute approximate surface area is 162 Å². The van der Waals surface area contributed by atoms with Crippen LogP contribution in [0.4, 0.5) is 0 Å². The van der Waals surface area contributed by atoms with Crippen LogP contribution in [0.1, 0.15) is 49.8 Å². The molecule has 7 nitrogen and oxygen atoms in total. The molecule has 0 radical (unpaired) electrons. The van der Waals surface area contributed by atoms with Gasteiger partial charge in [0, 0.05) is 6.20 Å². The normalized spacial score (nSPS) is 32.0. The van der Waals surface area contributed by atoms with Gasteiger partial charge >= 0.3 is 0 Å². The third kappa shape index (κ3) is 2.84. The number of fused-ring (bicyclic) bond motifs is 1. The lowest BCUT2D eigenvalue weighted by Gasteiger charge is -2.26.